The van der Waals surface area contributed by atoms with Crippen molar-refractivity contribution in [3.8, 4) is 0 Å². The lowest BCUT2D eigenvalue weighted by molar-refractivity contribution is 0.167. The molecule has 6 nitrogen and oxygen atoms in total. The van der Waals surface area contributed by atoms with E-state index in [-0.39, 0.29) is 24.0 Å². The van der Waals surface area contributed by atoms with E-state index in [0.29, 0.717) is 12.1 Å². The van der Waals surface area contributed by atoms with Crippen LogP contribution in [-0.4, -0.2) is 87.2 Å². The van der Waals surface area contributed by atoms with Gasteiger partial charge >= 0.3 is 0 Å². The van der Waals surface area contributed by atoms with Gasteiger partial charge in [-0.05, 0) is 64.3 Å². The van der Waals surface area contributed by atoms with Gasteiger partial charge in [-0.3, -0.25) is 9.89 Å². The molecular weight excluding hydrogens is 499 g/mol. The van der Waals surface area contributed by atoms with Crippen LogP contribution in [-0.2, 0) is 0 Å². The molecule has 0 spiro atoms. The average molecular weight is 543 g/mol. The Hall–Kier alpha value is -1.06. The number of aliphatic imine (C=N–C) groups is 1. The lowest BCUT2D eigenvalue weighted by Crippen LogP contribution is -2.50. The number of guanidine groups is 1. The molecule has 1 aromatic carbocycles. The van der Waals surface area contributed by atoms with Crippen LogP contribution in [0.2, 0.25) is 0 Å². The third kappa shape index (κ3) is 8.42. The van der Waals surface area contributed by atoms with Gasteiger partial charge in [0.05, 0.1) is 0 Å². The molecule has 31 heavy (non-hydrogen) atoms. The van der Waals surface area contributed by atoms with Gasteiger partial charge in [-0.25, -0.2) is 0 Å². The molecule has 7 heteroatoms. The fraction of sp³-hybridized carbons (Fsp3) is 0.708. The van der Waals surface area contributed by atoms with Crippen molar-refractivity contribution in [2.45, 2.75) is 52.1 Å². The number of rotatable bonds is 7. The van der Waals surface area contributed by atoms with E-state index in [4.69, 9.17) is 0 Å². The van der Waals surface area contributed by atoms with Crippen LogP contribution in [0, 0.1) is 6.92 Å². The van der Waals surface area contributed by atoms with Gasteiger partial charge in [0.15, 0.2) is 5.96 Å². The normalized spacial score (nSPS) is 19.4. The highest BCUT2D eigenvalue weighted by atomic mass is 127. The van der Waals surface area contributed by atoms with Gasteiger partial charge in [-0.15, -0.1) is 24.0 Å². The lowest BCUT2D eigenvalue weighted by Gasteiger charge is -2.36. The van der Waals surface area contributed by atoms with Crippen LogP contribution in [0.15, 0.2) is 29.3 Å². The number of hydrogen-bond donors (Lipinski definition) is 2. The van der Waals surface area contributed by atoms with Crippen LogP contribution in [0.3, 0.4) is 0 Å². The number of piperidine rings is 1. The zero-order valence-corrected chi connectivity index (χ0v) is 22.3. The minimum Gasteiger partial charge on any atom is -0.369 e. The second kappa shape index (κ2) is 13.5. The average Bonchev–Trinajstić information content (AvgIpc) is 2.76. The minimum absolute atomic E-state index is 0. The molecule has 0 bridgehead atoms. The van der Waals surface area contributed by atoms with Crippen molar-refractivity contribution in [1.82, 2.24) is 20.4 Å². The van der Waals surface area contributed by atoms with Gasteiger partial charge in [0.1, 0.15) is 0 Å². The Labute approximate surface area is 206 Å². The number of nitrogens with one attached hydrogen (secondary N) is 2. The highest BCUT2D eigenvalue weighted by Gasteiger charge is 2.21. The second-order valence-electron chi connectivity index (χ2n) is 9.07. The molecule has 0 radical (unpaired) electrons. The highest BCUT2D eigenvalue weighted by molar-refractivity contribution is 14.0. The molecule has 2 heterocycles. The van der Waals surface area contributed by atoms with Gasteiger partial charge in [0, 0.05) is 70.6 Å². The van der Waals surface area contributed by atoms with Gasteiger partial charge in [0.25, 0.3) is 0 Å². The van der Waals surface area contributed by atoms with Gasteiger partial charge in [0.2, 0.25) is 0 Å². The first-order chi connectivity index (χ1) is 14.5. The van der Waals surface area contributed by atoms with Crippen molar-refractivity contribution in [2.75, 3.05) is 64.3 Å². The Balaban J connectivity index is 0.00000341. The minimum atomic E-state index is 0. The van der Waals surface area contributed by atoms with Crippen LogP contribution in [0.4, 0.5) is 5.69 Å². The summed E-state index contributed by atoms with van der Waals surface area (Å²) < 4.78 is 0. The first-order valence-electron chi connectivity index (χ1n) is 11.8. The maximum atomic E-state index is 4.43. The molecule has 2 aliphatic heterocycles. The van der Waals surface area contributed by atoms with Gasteiger partial charge in [-0.1, -0.05) is 12.1 Å². The van der Waals surface area contributed by atoms with Crippen LogP contribution in [0.25, 0.3) is 0 Å². The van der Waals surface area contributed by atoms with Crippen molar-refractivity contribution in [3.05, 3.63) is 29.8 Å². The number of likely N-dealkylation sites (tertiary alicyclic amines) is 1. The van der Waals surface area contributed by atoms with Crippen LogP contribution in [0.1, 0.15) is 38.7 Å². The Morgan fingerprint density at radius 2 is 1.81 bits per heavy atom. The smallest absolute Gasteiger partial charge is 0.191 e. The topological polar surface area (TPSA) is 46.1 Å². The summed E-state index contributed by atoms with van der Waals surface area (Å²) in [5, 5.41) is 7.14. The van der Waals surface area contributed by atoms with E-state index >= 15 is 0 Å². The fourth-order valence-electron chi connectivity index (χ4n) is 4.51. The summed E-state index contributed by atoms with van der Waals surface area (Å²) in [6.45, 7) is 15.8. The van der Waals surface area contributed by atoms with E-state index in [1.807, 2.05) is 7.05 Å². The summed E-state index contributed by atoms with van der Waals surface area (Å²) in [7, 11) is 1.88. The Kier molecular flexibility index (Phi) is 11.4. The first kappa shape index (κ1) is 26.2. The molecule has 0 amide bonds. The fourth-order valence-corrected chi connectivity index (χ4v) is 4.51. The Morgan fingerprint density at radius 3 is 2.42 bits per heavy atom. The second-order valence-corrected chi connectivity index (χ2v) is 9.07. The van der Waals surface area contributed by atoms with Crippen LogP contribution >= 0.6 is 24.0 Å². The number of aryl methyl sites for hydroxylation is 1. The molecule has 0 saturated carbocycles. The Morgan fingerprint density at radius 1 is 1.10 bits per heavy atom. The molecular formula is C24H43IN6. The number of hydrogen-bond acceptors (Lipinski definition) is 4. The SMILES string of the molecule is CN=C(NCCCN1CCN(c2cccc(C)c2)CC1)NC1CCN(C(C)C)CC1.I. The number of halogens is 1. The first-order valence-corrected chi connectivity index (χ1v) is 11.8. The summed E-state index contributed by atoms with van der Waals surface area (Å²) >= 11 is 0. The van der Waals surface area contributed by atoms with Crippen molar-refractivity contribution < 1.29 is 0 Å². The summed E-state index contributed by atoms with van der Waals surface area (Å²) in [5.41, 5.74) is 2.71. The highest BCUT2D eigenvalue weighted by Crippen LogP contribution is 2.18. The standard InChI is InChI=1S/C24H42N6.HI/c1-20(2)29-13-9-22(10-14-29)27-24(25-4)26-11-6-12-28-15-17-30(18-16-28)23-8-5-7-21(3)19-23;/h5,7-8,19-20,22H,6,9-18H2,1-4H3,(H2,25,26,27);1H. The van der Waals surface area contributed by atoms with E-state index in [2.05, 4.69) is 75.4 Å². The van der Waals surface area contributed by atoms with Crippen molar-refractivity contribution in [3.63, 3.8) is 0 Å². The van der Waals surface area contributed by atoms with Crippen molar-refractivity contribution >= 4 is 35.6 Å². The molecule has 2 fully saturated rings. The van der Waals surface area contributed by atoms with Gasteiger partial charge < -0.3 is 20.4 Å². The van der Waals surface area contributed by atoms with E-state index in [1.54, 1.807) is 0 Å². The zero-order valence-electron chi connectivity index (χ0n) is 19.9. The third-order valence-corrected chi connectivity index (χ3v) is 6.51. The monoisotopic (exact) mass is 542 g/mol. The number of benzene rings is 1. The predicted octanol–water partition coefficient (Wildman–Crippen LogP) is 3.16. The van der Waals surface area contributed by atoms with Crippen molar-refractivity contribution in [2.24, 2.45) is 4.99 Å². The molecule has 2 saturated heterocycles. The van der Waals surface area contributed by atoms with E-state index < -0.39 is 0 Å². The maximum absolute atomic E-state index is 4.43. The number of piperazine rings is 1. The molecule has 1 aromatic rings. The maximum Gasteiger partial charge on any atom is 0.191 e. The molecule has 2 N–H and O–H groups in total. The van der Waals surface area contributed by atoms with E-state index in [9.17, 15) is 0 Å². The van der Waals surface area contributed by atoms with E-state index in [0.717, 1.165) is 51.6 Å². The molecule has 0 unspecified atom stereocenters. The van der Waals surface area contributed by atoms with E-state index in [1.165, 1.54) is 37.2 Å². The quantitative estimate of drug-likeness (QED) is 0.240. The van der Waals surface area contributed by atoms with Crippen molar-refractivity contribution in [1.29, 1.82) is 0 Å². The van der Waals surface area contributed by atoms with Gasteiger partial charge in [-0.2, -0.15) is 0 Å². The third-order valence-electron chi connectivity index (χ3n) is 6.51. The van der Waals surface area contributed by atoms with Crippen LogP contribution in [0.5, 0.6) is 0 Å². The molecule has 0 atom stereocenters. The number of nitrogens with zero attached hydrogens (tertiary/aromatic N) is 4. The zero-order chi connectivity index (χ0) is 21.3. The Bertz CT molecular complexity index is 664. The molecule has 176 valence electrons. The largest absolute Gasteiger partial charge is 0.369 e. The summed E-state index contributed by atoms with van der Waals surface area (Å²) in [5.74, 6) is 0.960. The summed E-state index contributed by atoms with van der Waals surface area (Å²) in [6, 6.07) is 10.1. The summed E-state index contributed by atoms with van der Waals surface area (Å²) in [6.07, 6.45) is 3.55. The predicted molar refractivity (Wildman–Crippen MR) is 144 cm³/mol. The molecule has 0 aliphatic carbocycles. The lowest BCUT2D eigenvalue weighted by atomic mass is 10.0. The summed E-state index contributed by atoms with van der Waals surface area (Å²) in [4.78, 5) is 12.1. The molecule has 2 aliphatic rings. The number of anilines is 1. The molecule has 0 aromatic heterocycles. The van der Waals surface area contributed by atoms with Crippen LogP contribution < -0.4 is 15.5 Å². The molecule has 3 rings (SSSR count).